The average molecular weight is 545 g/mol. The number of ether oxygens (including phenoxy) is 4. The van der Waals surface area contributed by atoms with Gasteiger partial charge in [-0.05, 0) is 105 Å². The fraction of sp³-hybridized carbons (Fsp3) is 0.303. The van der Waals surface area contributed by atoms with E-state index < -0.39 is 17.9 Å². The number of benzene rings is 3. The number of carbonyl (C=O) groups excluding carboxylic acids is 3. The number of unbranched alkanes of at least 4 members (excludes halogenated alkanes) is 4. The third kappa shape index (κ3) is 10.4. The molecule has 40 heavy (non-hydrogen) atoms. The molecule has 0 unspecified atom stereocenters. The summed E-state index contributed by atoms with van der Waals surface area (Å²) in [6.07, 6.45) is 7.96. The highest BCUT2D eigenvalue weighted by Crippen LogP contribution is 2.21. The number of rotatable bonds is 16. The number of hydrogen-bond acceptors (Lipinski definition) is 7. The van der Waals surface area contributed by atoms with E-state index in [1.165, 1.54) is 5.56 Å². The number of esters is 3. The molecule has 0 spiro atoms. The lowest BCUT2D eigenvalue weighted by molar-refractivity contribution is -0.137. The van der Waals surface area contributed by atoms with E-state index in [9.17, 15) is 14.4 Å². The maximum absolute atomic E-state index is 12.5. The molecule has 3 aromatic rings. The van der Waals surface area contributed by atoms with E-state index in [4.69, 9.17) is 18.9 Å². The van der Waals surface area contributed by atoms with Crippen LogP contribution in [0.3, 0.4) is 0 Å². The largest absolute Gasteiger partial charge is 0.494 e. The summed E-state index contributed by atoms with van der Waals surface area (Å²) in [5.41, 5.74) is 2.06. The van der Waals surface area contributed by atoms with Crippen molar-refractivity contribution in [1.82, 2.24) is 0 Å². The Morgan fingerprint density at radius 3 is 1.68 bits per heavy atom. The molecule has 0 bridgehead atoms. The van der Waals surface area contributed by atoms with Crippen molar-refractivity contribution in [3.8, 4) is 17.2 Å². The standard InChI is InChI=1S/C33H36O7/c1-3-5-10-25-11-13-26(14-12-25)32(35)39-29-19-21-30(22-20-29)40-33(36)27-15-17-28(18-16-27)37-23-8-6-7-9-24-38-31(34)4-2/h4,11-22H,2-3,5-10,23-24H2,1H3. The lowest BCUT2D eigenvalue weighted by Gasteiger charge is -2.09. The second-order valence-corrected chi connectivity index (χ2v) is 9.21. The van der Waals surface area contributed by atoms with Gasteiger partial charge in [0.1, 0.15) is 17.2 Å². The third-order valence-electron chi connectivity index (χ3n) is 6.06. The van der Waals surface area contributed by atoms with Gasteiger partial charge in [-0.15, -0.1) is 0 Å². The first kappa shape index (κ1) is 30.2. The van der Waals surface area contributed by atoms with Gasteiger partial charge in [0.15, 0.2) is 0 Å². The van der Waals surface area contributed by atoms with Crippen LogP contribution in [0.25, 0.3) is 0 Å². The molecule has 0 aliphatic carbocycles. The van der Waals surface area contributed by atoms with Gasteiger partial charge in [-0.25, -0.2) is 14.4 Å². The van der Waals surface area contributed by atoms with Crippen LogP contribution >= 0.6 is 0 Å². The summed E-state index contributed by atoms with van der Waals surface area (Å²) in [6.45, 7) is 6.46. The third-order valence-corrected chi connectivity index (χ3v) is 6.06. The molecule has 0 N–H and O–H groups in total. The zero-order valence-electron chi connectivity index (χ0n) is 22.9. The van der Waals surface area contributed by atoms with E-state index >= 15 is 0 Å². The Bertz CT molecular complexity index is 1230. The molecule has 0 amide bonds. The molecule has 0 aliphatic rings. The highest BCUT2D eigenvalue weighted by Gasteiger charge is 2.11. The van der Waals surface area contributed by atoms with Crippen LogP contribution in [0.4, 0.5) is 0 Å². The minimum atomic E-state index is -0.503. The van der Waals surface area contributed by atoms with E-state index in [1.807, 2.05) is 12.1 Å². The molecule has 0 radical (unpaired) electrons. The van der Waals surface area contributed by atoms with Crippen molar-refractivity contribution in [3.63, 3.8) is 0 Å². The average Bonchev–Trinajstić information content (AvgIpc) is 2.98. The number of aryl methyl sites for hydroxylation is 1. The molecular weight excluding hydrogens is 508 g/mol. The molecule has 0 saturated heterocycles. The van der Waals surface area contributed by atoms with Gasteiger partial charge in [-0.1, -0.05) is 32.1 Å². The van der Waals surface area contributed by atoms with Crippen molar-refractivity contribution in [1.29, 1.82) is 0 Å². The van der Waals surface area contributed by atoms with Gasteiger partial charge >= 0.3 is 17.9 Å². The molecule has 0 aromatic heterocycles. The summed E-state index contributed by atoms with van der Waals surface area (Å²) in [4.78, 5) is 35.9. The predicted molar refractivity (Wildman–Crippen MR) is 153 cm³/mol. The summed E-state index contributed by atoms with van der Waals surface area (Å²) >= 11 is 0. The normalized spacial score (nSPS) is 10.4. The van der Waals surface area contributed by atoms with Crippen molar-refractivity contribution in [2.75, 3.05) is 13.2 Å². The molecule has 0 atom stereocenters. The van der Waals surface area contributed by atoms with Crippen LogP contribution in [0, 0.1) is 0 Å². The van der Waals surface area contributed by atoms with Crippen LogP contribution in [0.1, 0.15) is 71.7 Å². The molecule has 3 rings (SSSR count). The molecule has 0 heterocycles. The molecule has 7 nitrogen and oxygen atoms in total. The van der Waals surface area contributed by atoms with Crippen molar-refractivity contribution >= 4 is 17.9 Å². The monoisotopic (exact) mass is 544 g/mol. The second-order valence-electron chi connectivity index (χ2n) is 9.21. The first-order valence-corrected chi connectivity index (χ1v) is 13.6. The Hall–Kier alpha value is -4.39. The summed E-state index contributed by atoms with van der Waals surface area (Å²) in [5, 5.41) is 0. The first-order valence-electron chi connectivity index (χ1n) is 13.6. The van der Waals surface area contributed by atoms with Crippen molar-refractivity contribution < 1.29 is 33.3 Å². The summed E-state index contributed by atoms with van der Waals surface area (Å²) in [7, 11) is 0. The van der Waals surface area contributed by atoms with Gasteiger partial charge in [-0.3, -0.25) is 0 Å². The molecule has 0 saturated carbocycles. The second kappa shape index (κ2) is 16.5. The topological polar surface area (TPSA) is 88.1 Å². The van der Waals surface area contributed by atoms with Crippen molar-refractivity contribution in [2.24, 2.45) is 0 Å². The molecule has 3 aromatic carbocycles. The van der Waals surface area contributed by atoms with E-state index in [2.05, 4.69) is 13.5 Å². The van der Waals surface area contributed by atoms with E-state index in [0.717, 1.165) is 51.0 Å². The Morgan fingerprint density at radius 1 is 0.650 bits per heavy atom. The Balaban J connectivity index is 1.38. The Kier molecular flexibility index (Phi) is 12.5. The minimum absolute atomic E-state index is 0.338. The fourth-order valence-electron chi connectivity index (χ4n) is 3.76. The zero-order valence-corrected chi connectivity index (χ0v) is 22.9. The van der Waals surface area contributed by atoms with Crippen LogP contribution in [0.5, 0.6) is 17.2 Å². The van der Waals surface area contributed by atoms with E-state index in [0.29, 0.717) is 41.6 Å². The highest BCUT2D eigenvalue weighted by atomic mass is 16.5. The smallest absolute Gasteiger partial charge is 0.343 e. The zero-order chi connectivity index (χ0) is 28.6. The van der Waals surface area contributed by atoms with Crippen LogP contribution in [-0.2, 0) is 16.0 Å². The van der Waals surface area contributed by atoms with Crippen LogP contribution in [-0.4, -0.2) is 31.1 Å². The van der Waals surface area contributed by atoms with Gasteiger partial charge in [0.2, 0.25) is 0 Å². The van der Waals surface area contributed by atoms with Crippen molar-refractivity contribution in [3.05, 3.63) is 102 Å². The minimum Gasteiger partial charge on any atom is -0.494 e. The quantitative estimate of drug-likeness (QED) is 0.0820. The Labute approximate surface area is 235 Å². The molecule has 210 valence electrons. The lowest BCUT2D eigenvalue weighted by Crippen LogP contribution is -2.09. The van der Waals surface area contributed by atoms with Crippen molar-refractivity contribution in [2.45, 2.75) is 51.9 Å². The van der Waals surface area contributed by atoms with Gasteiger partial charge in [0.25, 0.3) is 0 Å². The van der Waals surface area contributed by atoms with Gasteiger partial charge in [0.05, 0.1) is 24.3 Å². The predicted octanol–water partition coefficient (Wildman–Crippen LogP) is 7.14. The Morgan fingerprint density at radius 2 is 1.15 bits per heavy atom. The summed E-state index contributed by atoms with van der Waals surface area (Å²) in [5.74, 6) is 0.0175. The molecular formula is C33H36O7. The van der Waals surface area contributed by atoms with Gasteiger partial charge in [0, 0.05) is 6.08 Å². The maximum Gasteiger partial charge on any atom is 0.343 e. The van der Waals surface area contributed by atoms with Crippen LogP contribution in [0.15, 0.2) is 85.5 Å². The summed E-state index contributed by atoms with van der Waals surface area (Å²) < 4.78 is 21.5. The molecule has 0 aliphatic heterocycles. The maximum atomic E-state index is 12.5. The lowest BCUT2D eigenvalue weighted by atomic mass is 10.1. The molecule has 7 heteroatoms. The number of hydrogen-bond donors (Lipinski definition) is 0. The highest BCUT2D eigenvalue weighted by molar-refractivity contribution is 5.92. The number of carbonyl (C=O) groups is 3. The molecule has 0 fully saturated rings. The van der Waals surface area contributed by atoms with E-state index in [1.54, 1.807) is 60.7 Å². The van der Waals surface area contributed by atoms with Gasteiger partial charge in [-0.2, -0.15) is 0 Å². The summed E-state index contributed by atoms with van der Waals surface area (Å²) in [6, 6.07) is 20.5. The fourth-order valence-corrected chi connectivity index (χ4v) is 3.76. The van der Waals surface area contributed by atoms with Gasteiger partial charge < -0.3 is 18.9 Å². The SMILES string of the molecule is C=CC(=O)OCCCCCCOc1ccc(C(=O)Oc2ccc(OC(=O)c3ccc(CCCC)cc3)cc2)cc1. The van der Waals surface area contributed by atoms with Crippen LogP contribution in [0.2, 0.25) is 0 Å². The van der Waals surface area contributed by atoms with Crippen LogP contribution < -0.4 is 14.2 Å². The first-order chi connectivity index (χ1) is 19.5. The van der Waals surface area contributed by atoms with E-state index in [-0.39, 0.29) is 0 Å².